The Morgan fingerprint density at radius 3 is 2.96 bits per heavy atom. The van der Waals surface area contributed by atoms with Crippen LogP contribution in [0.25, 0.3) is 11.0 Å². The maximum atomic E-state index is 12.1. The van der Waals surface area contributed by atoms with Gasteiger partial charge in [0, 0.05) is 45.8 Å². The van der Waals surface area contributed by atoms with Crippen molar-refractivity contribution in [2.75, 3.05) is 39.9 Å². The highest BCUT2D eigenvalue weighted by atomic mass is 32.1. The van der Waals surface area contributed by atoms with Gasteiger partial charge in [0.05, 0.1) is 17.3 Å². The molecule has 2 aliphatic rings. The van der Waals surface area contributed by atoms with Gasteiger partial charge in [-0.1, -0.05) is 6.07 Å². The highest BCUT2D eigenvalue weighted by Gasteiger charge is 2.45. The molecule has 1 N–H and O–H groups in total. The standard InChI is InChI=1S/C18H24N4O3S/c1-25-12-17(23)22-7-5-18(24)4-6-21(10-14(18)11-22)9-13-2-3-15-16(8-13)20-26-19-15/h2-3,8,14,24H,4-7,9-12H2,1H3/t14-,18-/m0/s1. The molecule has 140 valence electrons. The van der Waals surface area contributed by atoms with Crippen molar-refractivity contribution in [1.29, 1.82) is 0 Å². The van der Waals surface area contributed by atoms with E-state index in [1.165, 1.54) is 24.4 Å². The Morgan fingerprint density at radius 1 is 1.31 bits per heavy atom. The Hall–Kier alpha value is -1.61. The van der Waals surface area contributed by atoms with E-state index in [9.17, 15) is 9.90 Å². The second-order valence-corrected chi connectivity index (χ2v) is 7.92. The van der Waals surface area contributed by atoms with E-state index in [1.807, 2.05) is 11.0 Å². The third-order valence-electron chi connectivity index (χ3n) is 5.70. The topological polar surface area (TPSA) is 78.8 Å². The van der Waals surface area contributed by atoms with Crippen molar-refractivity contribution < 1.29 is 14.6 Å². The number of aliphatic hydroxyl groups is 1. The first-order valence-corrected chi connectivity index (χ1v) is 9.73. The van der Waals surface area contributed by atoms with Crippen molar-refractivity contribution in [2.45, 2.75) is 25.0 Å². The normalized spacial score (nSPS) is 26.8. The third-order valence-corrected chi connectivity index (χ3v) is 6.26. The predicted octanol–water partition coefficient (Wildman–Crippen LogP) is 1.12. The molecule has 0 spiro atoms. The first-order valence-electron chi connectivity index (χ1n) is 9.00. The van der Waals surface area contributed by atoms with Crippen LogP contribution in [0.5, 0.6) is 0 Å². The number of hydrogen-bond acceptors (Lipinski definition) is 7. The fraction of sp³-hybridized carbons (Fsp3) is 0.611. The van der Waals surface area contributed by atoms with Crippen LogP contribution in [0, 0.1) is 5.92 Å². The molecule has 0 bridgehead atoms. The summed E-state index contributed by atoms with van der Waals surface area (Å²) in [5.41, 5.74) is 2.43. The number of fused-ring (bicyclic) bond motifs is 2. The van der Waals surface area contributed by atoms with E-state index in [-0.39, 0.29) is 18.4 Å². The van der Waals surface area contributed by atoms with Crippen LogP contribution in [0.3, 0.4) is 0 Å². The summed E-state index contributed by atoms with van der Waals surface area (Å²) in [6, 6.07) is 6.20. The van der Waals surface area contributed by atoms with Gasteiger partial charge in [0.25, 0.3) is 0 Å². The fourth-order valence-electron chi connectivity index (χ4n) is 4.14. The molecule has 8 heteroatoms. The first-order chi connectivity index (χ1) is 12.6. The molecule has 2 saturated heterocycles. The molecular formula is C18H24N4O3S. The minimum absolute atomic E-state index is 0.00755. The van der Waals surface area contributed by atoms with Crippen molar-refractivity contribution in [1.82, 2.24) is 18.5 Å². The molecule has 2 aliphatic heterocycles. The summed E-state index contributed by atoms with van der Waals surface area (Å²) in [7, 11) is 1.54. The maximum absolute atomic E-state index is 12.1. The van der Waals surface area contributed by atoms with Gasteiger partial charge in [0.1, 0.15) is 17.6 Å². The Bertz CT molecular complexity index is 798. The lowest BCUT2D eigenvalue weighted by Gasteiger charge is -2.50. The quantitative estimate of drug-likeness (QED) is 0.862. The molecule has 1 aromatic heterocycles. The van der Waals surface area contributed by atoms with Crippen molar-refractivity contribution in [3.8, 4) is 0 Å². The van der Waals surface area contributed by atoms with E-state index in [0.717, 1.165) is 37.1 Å². The lowest BCUT2D eigenvalue weighted by Crippen LogP contribution is -2.60. The smallest absolute Gasteiger partial charge is 0.248 e. The number of carbonyl (C=O) groups is 1. The van der Waals surface area contributed by atoms with Crippen LogP contribution in [0.4, 0.5) is 0 Å². The van der Waals surface area contributed by atoms with Gasteiger partial charge in [0.2, 0.25) is 5.91 Å². The Morgan fingerprint density at radius 2 is 2.12 bits per heavy atom. The van der Waals surface area contributed by atoms with E-state index in [2.05, 4.69) is 25.8 Å². The molecule has 2 fully saturated rings. The Labute approximate surface area is 156 Å². The Kier molecular flexibility index (Phi) is 4.92. The SMILES string of the molecule is COCC(=O)N1CC[C@@]2(O)CCN(Cc3ccc4nsnc4c3)C[C@H]2C1. The van der Waals surface area contributed by atoms with Crippen LogP contribution in [0.1, 0.15) is 18.4 Å². The molecule has 0 radical (unpaired) electrons. The summed E-state index contributed by atoms with van der Waals surface area (Å²) in [5.74, 6) is 0.0867. The molecule has 4 rings (SSSR count). The lowest BCUT2D eigenvalue weighted by atomic mass is 9.75. The van der Waals surface area contributed by atoms with Gasteiger partial charge in [-0.2, -0.15) is 8.75 Å². The maximum Gasteiger partial charge on any atom is 0.248 e. The number of aromatic nitrogens is 2. The van der Waals surface area contributed by atoms with E-state index in [0.29, 0.717) is 19.5 Å². The minimum atomic E-state index is -0.650. The number of ether oxygens (including phenoxy) is 1. The molecule has 26 heavy (non-hydrogen) atoms. The number of amides is 1. The number of piperidine rings is 2. The van der Waals surface area contributed by atoms with Gasteiger partial charge in [-0.15, -0.1) is 0 Å². The van der Waals surface area contributed by atoms with Crippen LogP contribution in [-0.2, 0) is 16.1 Å². The number of likely N-dealkylation sites (tertiary alicyclic amines) is 2. The second-order valence-electron chi connectivity index (χ2n) is 7.40. The summed E-state index contributed by atoms with van der Waals surface area (Å²) in [4.78, 5) is 16.3. The van der Waals surface area contributed by atoms with Crippen molar-refractivity contribution in [2.24, 2.45) is 5.92 Å². The van der Waals surface area contributed by atoms with Crippen molar-refractivity contribution in [3.05, 3.63) is 23.8 Å². The van der Waals surface area contributed by atoms with E-state index in [1.54, 1.807) is 0 Å². The van der Waals surface area contributed by atoms with Gasteiger partial charge < -0.3 is 14.7 Å². The van der Waals surface area contributed by atoms with Crippen LogP contribution in [0.2, 0.25) is 0 Å². The molecule has 2 aromatic rings. The van der Waals surface area contributed by atoms with Crippen LogP contribution >= 0.6 is 11.7 Å². The fourth-order valence-corrected chi connectivity index (χ4v) is 4.66. The van der Waals surface area contributed by atoms with E-state index in [4.69, 9.17) is 4.74 Å². The molecule has 2 atom stereocenters. The number of hydrogen-bond donors (Lipinski definition) is 1. The molecule has 0 saturated carbocycles. The zero-order chi connectivity index (χ0) is 18.1. The van der Waals surface area contributed by atoms with Gasteiger partial charge >= 0.3 is 0 Å². The van der Waals surface area contributed by atoms with Crippen molar-refractivity contribution in [3.63, 3.8) is 0 Å². The predicted molar refractivity (Wildman–Crippen MR) is 98.8 cm³/mol. The molecule has 7 nitrogen and oxygen atoms in total. The summed E-state index contributed by atoms with van der Waals surface area (Å²) in [6.07, 6.45) is 1.40. The third kappa shape index (κ3) is 3.46. The van der Waals surface area contributed by atoms with E-state index >= 15 is 0 Å². The lowest BCUT2D eigenvalue weighted by molar-refractivity contribution is -0.150. The van der Waals surface area contributed by atoms with Gasteiger partial charge in [-0.25, -0.2) is 0 Å². The monoisotopic (exact) mass is 376 g/mol. The zero-order valence-corrected chi connectivity index (χ0v) is 15.7. The number of carbonyl (C=O) groups excluding carboxylic acids is 1. The van der Waals surface area contributed by atoms with Gasteiger partial charge in [0.15, 0.2) is 0 Å². The number of nitrogens with zero attached hydrogens (tertiary/aromatic N) is 4. The summed E-state index contributed by atoms with van der Waals surface area (Å²) >= 11 is 1.23. The largest absolute Gasteiger partial charge is 0.389 e. The highest BCUT2D eigenvalue weighted by Crippen LogP contribution is 2.36. The molecule has 1 amide bonds. The summed E-state index contributed by atoms with van der Waals surface area (Å²) in [5, 5.41) is 11.0. The molecule has 0 unspecified atom stereocenters. The minimum Gasteiger partial charge on any atom is -0.389 e. The molecule has 1 aromatic carbocycles. The van der Waals surface area contributed by atoms with Crippen LogP contribution in [-0.4, -0.2) is 75.1 Å². The average molecular weight is 376 g/mol. The van der Waals surface area contributed by atoms with Crippen LogP contribution < -0.4 is 0 Å². The first kappa shape index (κ1) is 17.8. The number of methoxy groups -OCH3 is 1. The number of rotatable bonds is 4. The van der Waals surface area contributed by atoms with Crippen LogP contribution in [0.15, 0.2) is 18.2 Å². The van der Waals surface area contributed by atoms with Gasteiger partial charge in [-0.3, -0.25) is 9.69 Å². The van der Waals surface area contributed by atoms with Gasteiger partial charge in [-0.05, 0) is 30.5 Å². The molecule has 3 heterocycles. The summed E-state index contributed by atoms with van der Waals surface area (Å²) in [6.45, 7) is 3.81. The average Bonchev–Trinajstić information content (AvgIpc) is 3.09. The highest BCUT2D eigenvalue weighted by molar-refractivity contribution is 7.00. The molecule has 0 aliphatic carbocycles. The molecular weight excluding hydrogens is 352 g/mol. The second kappa shape index (κ2) is 7.19. The van der Waals surface area contributed by atoms with E-state index < -0.39 is 5.60 Å². The number of benzene rings is 1. The zero-order valence-electron chi connectivity index (χ0n) is 14.9. The van der Waals surface area contributed by atoms with Crippen molar-refractivity contribution >= 4 is 28.7 Å². The summed E-state index contributed by atoms with van der Waals surface area (Å²) < 4.78 is 13.5. The Balaban J connectivity index is 1.43.